The summed E-state index contributed by atoms with van der Waals surface area (Å²) >= 11 is 0. The molecule has 166 valence electrons. The molecule has 0 atom stereocenters. The van der Waals surface area contributed by atoms with Crippen LogP contribution in [0.25, 0.3) is 6.08 Å². The number of ketones is 2. The Morgan fingerprint density at radius 2 is 1.52 bits per heavy atom. The van der Waals surface area contributed by atoms with Crippen LogP contribution in [0.2, 0.25) is 0 Å². The largest absolute Gasteiger partial charge is 0.494 e. The van der Waals surface area contributed by atoms with Crippen molar-refractivity contribution in [3.63, 3.8) is 0 Å². The molecule has 0 radical (unpaired) electrons. The molecule has 4 rings (SSSR count). The molecule has 1 aliphatic carbocycles. The van der Waals surface area contributed by atoms with E-state index in [0.29, 0.717) is 35.5 Å². The second-order valence-electron chi connectivity index (χ2n) is 7.41. The van der Waals surface area contributed by atoms with E-state index >= 15 is 0 Å². The molecule has 0 heterocycles. The van der Waals surface area contributed by atoms with Gasteiger partial charge in [-0.25, -0.2) is 0 Å². The van der Waals surface area contributed by atoms with E-state index in [1.165, 1.54) is 13.2 Å². The lowest BCUT2D eigenvalue weighted by molar-refractivity contribution is -0.134. The average Bonchev–Trinajstić information content (AvgIpc) is 3.08. The van der Waals surface area contributed by atoms with Gasteiger partial charge in [-0.05, 0) is 42.3 Å². The van der Waals surface area contributed by atoms with Crippen LogP contribution < -0.4 is 14.2 Å². The number of hydrogen-bond donors (Lipinski definition) is 0. The summed E-state index contributed by atoms with van der Waals surface area (Å²) in [6.07, 6.45) is 2.22. The number of ether oxygens (including phenoxy) is 3. The van der Waals surface area contributed by atoms with Gasteiger partial charge in [0.05, 0.1) is 19.3 Å². The Balaban J connectivity index is 1.39. The first-order chi connectivity index (χ1) is 16.1. The summed E-state index contributed by atoms with van der Waals surface area (Å²) < 4.78 is 16.4. The zero-order valence-corrected chi connectivity index (χ0v) is 18.1. The molecule has 0 saturated carbocycles. The maximum absolute atomic E-state index is 12.6. The van der Waals surface area contributed by atoms with Crippen molar-refractivity contribution in [3.05, 3.63) is 95.1 Å². The van der Waals surface area contributed by atoms with Gasteiger partial charge in [-0.3, -0.25) is 14.4 Å². The van der Waals surface area contributed by atoms with Crippen LogP contribution in [0.4, 0.5) is 0 Å². The molecule has 6 heteroatoms. The van der Waals surface area contributed by atoms with Crippen LogP contribution in [-0.4, -0.2) is 31.3 Å². The summed E-state index contributed by atoms with van der Waals surface area (Å²) in [5, 5.41) is 0. The molecule has 0 N–H and O–H groups in total. The molecule has 3 aromatic carbocycles. The fraction of sp³-hybridized carbons (Fsp3) is 0.148. The average molecular weight is 442 g/mol. The number of benzene rings is 3. The van der Waals surface area contributed by atoms with Crippen molar-refractivity contribution >= 4 is 23.6 Å². The number of hydrogen-bond acceptors (Lipinski definition) is 6. The molecule has 6 nitrogen and oxygen atoms in total. The molecule has 0 aromatic heterocycles. The predicted octanol–water partition coefficient (Wildman–Crippen LogP) is 4.92. The van der Waals surface area contributed by atoms with Gasteiger partial charge in [-0.2, -0.15) is 0 Å². The molecule has 0 saturated heterocycles. The van der Waals surface area contributed by atoms with Crippen LogP contribution in [0.5, 0.6) is 17.2 Å². The molecular weight excluding hydrogens is 420 g/mol. The quantitative estimate of drug-likeness (QED) is 0.162. The first kappa shape index (κ1) is 22.0. The third kappa shape index (κ3) is 5.01. The monoisotopic (exact) mass is 442 g/mol. The topological polar surface area (TPSA) is 78.9 Å². The van der Waals surface area contributed by atoms with Crippen LogP contribution in [0.1, 0.15) is 39.1 Å². The lowest BCUT2D eigenvalue weighted by Crippen LogP contribution is -2.10. The number of para-hydroxylation sites is 1. The normalized spacial score (nSPS) is 12.3. The van der Waals surface area contributed by atoms with Gasteiger partial charge in [0.2, 0.25) is 0 Å². The first-order valence-corrected chi connectivity index (χ1v) is 10.5. The van der Waals surface area contributed by atoms with E-state index in [9.17, 15) is 14.4 Å². The van der Waals surface area contributed by atoms with Gasteiger partial charge in [-0.15, -0.1) is 0 Å². The van der Waals surface area contributed by atoms with Gasteiger partial charge in [0.25, 0.3) is 0 Å². The van der Waals surface area contributed by atoms with E-state index in [1.807, 2.05) is 30.3 Å². The Labute approximate surface area is 191 Å². The van der Waals surface area contributed by atoms with E-state index in [-0.39, 0.29) is 29.3 Å². The third-order valence-corrected chi connectivity index (χ3v) is 5.17. The zero-order valence-electron chi connectivity index (χ0n) is 18.1. The highest BCUT2D eigenvalue weighted by Crippen LogP contribution is 2.32. The minimum atomic E-state index is -0.410. The predicted molar refractivity (Wildman–Crippen MR) is 123 cm³/mol. The van der Waals surface area contributed by atoms with Crippen molar-refractivity contribution in [2.24, 2.45) is 0 Å². The number of Topliss-reactive ketones (excluding diaryl/α,β-unsaturated/α-hetero) is 2. The molecule has 33 heavy (non-hydrogen) atoms. The minimum absolute atomic E-state index is 0.0985. The summed E-state index contributed by atoms with van der Waals surface area (Å²) in [4.78, 5) is 37.4. The Morgan fingerprint density at radius 1 is 0.848 bits per heavy atom. The van der Waals surface area contributed by atoms with Gasteiger partial charge in [0.15, 0.2) is 23.1 Å². The maximum atomic E-state index is 12.6. The number of fused-ring (bicyclic) bond motifs is 1. The van der Waals surface area contributed by atoms with Gasteiger partial charge < -0.3 is 14.2 Å². The number of esters is 1. The van der Waals surface area contributed by atoms with Crippen molar-refractivity contribution in [1.82, 2.24) is 0 Å². The molecule has 3 aromatic rings. The van der Waals surface area contributed by atoms with Crippen molar-refractivity contribution in [1.29, 1.82) is 0 Å². The molecule has 0 bridgehead atoms. The van der Waals surface area contributed by atoms with Crippen LogP contribution >= 0.6 is 0 Å². The number of methoxy groups -OCH3 is 1. The number of carbonyl (C=O) groups excluding carboxylic acids is 3. The van der Waals surface area contributed by atoms with Crippen molar-refractivity contribution in [2.45, 2.75) is 12.8 Å². The van der Waals surface area contributed by atoms with Crippen LogP contribution in [-0.2, 0) is 4.79 Å². The second-order valence-corrected chi connectivity index (χ2v) is 7.41. The second kappa shape index (κ2) is 9.96. The Kier molecular flexibility index (Phi) is 6.64. The Hall–Kier alpha value is -4.19. The molecule has 0 unspecified atom stereocenters. The standard InChI is InChI=1S/C27H22O6/c1-31-24-17-18(16-22-26(29)20-10-5-6-11-21(20)27(22)30)13-14-23(24)33-25(28)12-7-15-32-19-8-3-2-4-9-19/h2-6,8-11,13-14,16-17H,7,12,15H2,1H3. The van der Waals surface area contributed by atoms with Gasteiger partial charge in [-0.1, -0.05) is 48.5 Å². The van der Waals surface area contributed by atoms with Gasteiger partial charge >= 0.3 is 5.97 Å². The Morgan fingerprint density at radius 3 is 2.18 bits per heavy atom. The summed E-state index contributed by atoms with van der Waals surface area (Å²) in [6, 6.07) is 21.0. The fourth-order valence-electron chi connectivity index (χ4n) is 3.53. The van der Waals surface area contributed by atoms with Gasteiger partial charge in [0.1, 0.15) is 5.75 Å². The van der Waals surface area contributed by atoms with E-state index in [1.54, 1.807) is 42.5 Å². The van der Waals surface area contributed by atoms with E-state index < -0.39 is 5.97 Å². The molecule has 0 spiro atoms. The first-order valence-electron chi connectivity index (χ1n) is 10.5. The smallest absolute Gasteiger partial charge is 0.311 e. The number of rotatable bonds is 8. The molecular formula is C27H22O6. The zero-order chi connectivity index (χ0) is 23.2. The highest BCUT2D eigenvalue weighted by molar-refractivity contribution is 6.41. The highest BCUT2D eigenvalue weighted by Gasteiger charge is 2.32. The van der Waals surface area contributed by atoms with Crippen LogP contribution in [0, 0.1) is 0 Å². The minimum Gasteiger partial charge on any atom is -0.494 e. The molecule has 0 amide bonds. The fourth-order valence-corrected chi connectivity index (χ4v) is 3.53. The maximum Gasteiger partial charge on any atom is 0.311 e. The summed E-state index contributed by atoms with van der Waals surface area (Å²) in [5.74, 6) is 0.326. The Bertz CT molecular complexity index is 1190. The van der Waals surface area contributed by atoms with Gasteiger partial charge in [0, 0.05) is 17.5 Å². The van der Waals surface area contributed by atoms with Crippen molar-refractivity contribution in [2.75, 3.05) is 13.7 Å². The third-order valence-electron chi connectivity index (χ3n) is 5.17. The lowest BCUT2D eigenvalue weighted by atomic mass is 10.1. The molecule has 1 aliphatic rings. The lowest BCUT2D eigenvalue weighted by Gasteiger charge is -2.10. The summed E-state index contributed by atoms with van der Waals surface area (Å²) in [7, 11) is 1.46. The van der Waals surface area contributed by atoms with Crippen LogP contribution in [0.3, 0.4) is 0 Å². The highest BCUT2D eigenvalue weighted by atomic mass is 16.6. The number of carbonyl (C=O) groups is 3. The number of allylic oxidation sites excluding steroid dienone is 1. The van der Waals surface area contributed by atoms with E-state index in [2.05, 4.69) is 0 Å². The molecule has 0 aliphatic heterocycles. The SMILES string of the molecule is COc1cc(C=C2C(=O)c3ccccc3C2=O)ccc1OC(=O)CCCOc1ccccc1. The molecule has 0 fully saturated rings. The van der Waals surface area contributed by atoms with Crippen LogP contribution in [0.15, 0.2) is 78.4 Å². The summed E-state index contributed by atoms with van der Waals surface area (Å²) in [6.45, 7) is 0.396. The van der Waals surface area contributed by atoms with Crippen molar-refractivity contribution in [3.8, 4) is 17.2 Å². The van der Waals surface area contributed by atoms with E-state index in [4.69, 9.17) is 14.2 Å². The summed E-state index contributed by atoms with van der Waals surface area (Å²) in [5.41, 5.74) is 1.50. The van der Waals surface area contributed by atoms with E-state index in [0.717, 1.165) is 5.75 Å². The van der Waals surface area contributed by atoms with Crippen molar-refractivity contribution < 1.29 is 28.6 Å².